The van der Waals surface area contributed by atoms with E-state index in [2.05, 4.69) is 5.32 Å². The molecule has 2 aromatic heterocycles. The molecule has 2 aromatic carbocycles. The first kappa shape index (κ1) is 20.5. The number of halogens is 1. The van der Waals surface area contributed by atoms with Crippen molar-refractivity contribution < 1.29 is 4.79 Å². The molecule has 0 saturated carbocycles. The molecule has 1 N–H and O–H groups in total. The summed E-state index contributed by atoms with van der Waals surface area (Å²) in [5.74, 6) is 0.867. The topological polar surface area (TPSA) is 54.9 Å². The summed E-state index contributed by atoms with van der Waals surface area (Å²) in [5, 5.41) is 5.45. The Morgan fingerprint density at radius 3 is 2.65 bits per heavy atom. The second kappa shape index (κ2) is 8.99. The number of carbonyl (C=O) groups is 1. The van der Waals surface area contributed by atoms with Crippen molar-refractivity contribution in [3.8, 4) is 11.4 Å². The second-order valence-corrected chi connectivity index (χ2v) is 9.88. The molecule has 0 atom stereocenters. The zero-order valence-electron chi connectivity index (χ0n) is 16.7. The molecule has 0 spiro atoms. The summed E-state index contributed by atoms with van der Waals surface area (Å²) >= 11 is 9.43. The molecule has 2 heterocycles. The van der Waals surface area contributed by atoms with Gasteiger partial charge in [-0.15, -0.1) is 11.3 Å². The molecular weight excluding hydrogens is 446 g/mol. The maximum absolute atomic E-state index is 12.6. The van der Waals surface area contributed by atoms with Gasteiger partial charge in [-0.1, -0.05) is 65.8 Å². The summed E-state index contributed by atoms with van der Waals surface area (Å²) in [5.41, 5.74) is 2.98. The third kappa shape index (κ3) is 4.33. The van der Waals surface area contributed by atoms with Crippen LogP contribution in [0, 0.1) is 0 Å². The number of fused-ring (bicyclic) bond motifs is 3. The van der Waals surface area contributed by atoms with Crippen LogP contribution < -0.4 is 5.32 Å². The van der Waals surface area contributed by atoms with E-state index in [0.717, 1.165) is 33.6 Å². The molecule has 0 bridgehead atoms. The van der Waals surface area contributed by atoms with E-state index < -0.39 is 0 Å². The molecule has 0 radical (unpaired) electrons. The van der Waals surface area contributed by atoms with Gasteiger partial charge in [0.15, 0.2) is 5.82 Å². The fraction of sp³-hybridized carbons (Fsp3) is 0.208. The number of benzene rings is 2. The van der Waals surface area contributed by atoms with E-state index >= 15 is 0 Å². The van der Waals surface area contributed by atoms with Crippen molar-refractivity contribution in [2.24, 2.45) is 0 Å². The van der Waals surface area contributed by atoms with Crippen molar-refractivity contribution in [1.82, 2.24) is 9.97 Å². The quantitative estimate of drug-likeness (QED) is 0.266. The molecule has 0 unspecified atom stereocenters. The summed E-state index contributed by atoms with van der Waals surface area (Å²) in [6, 6.07) is 17.3. The van der Waals surface area contributed by atoms with Crippen LogP contribution >= 0.6 is 34.7 Å². The summed E-state index contributed by atoms with van der Waals surface area (Å²) in [7, 11) is 0. The largest absolute Gasteiger partial charge is 0.324 e. The molecule has 4 aromatic rings. The highest BCUT2D eigenvalue weighted by Gasteiger charge is 2.22. The van der Waals surface area contributed by atoms with E-state index in [9.17, 15) is 4.79 Å². The summed E-state index contributed by atoms with van der Waals surface area (Å²) in [6.45, 7) is 0. The van der Waals surface area contributed by atoms with Gasteiger partial charge in [0, 0.05) is 15.8 Å². The molecule has 0 saturated heterocycles. The highest BCUT2D eigenvalue weighted by Crippen LogP contribution is 2.40. The average molecular weight is 466 g/mol. The average Bonchev–Trinajstić information content (AvgIpc) is 3.18. The van der Waals surface area contributed by atoms with E-state index in [0.29, 0.717) is 16.5 Å². The van der Waals surface area contributed by atoms with Crippen LogP contribution in [0.15, 0.2) is 59.6 Å². The van der Waals surface area contributed by atoms with Gasteiger partial charge in [0.2, 0.25) is 5.91 Å². The highest BCUT2D eigenvalue weighted by atomic mass is 35.5. The van der Waals surface area contributed by atoms with Crippen LogP contribution in [0.3, 0.4) is 0 Å². The molecule has 7 heteroatoms. The zero-order valence-corrected chi connectivity index (χ0v) is 19.1. The van der Waals surface area contributed by atoms with Crippen molar-refractivity contribution in [1.29, 1.82) is 0 Å². The summed E-state index contributed by atoms with van der Waals surface area (Å²) in [4.78, 5) is 24.9. The summed E-state index contributed by atoms with van der Waals surface area (Å²) < 4.78 is 0. The Morgan fingerprint density at radius 2 is 1.81 bits per heavy atom. The second-order valence-electron chi connectivity index (χ2n) is 7.43. The minimum atomic E-state index is -0.102. The summed E-state index contributed by atoms with van der Waals surface area (Å²) in [6.07, 6.45) is 4.58. The molecule has 4 nitrogen and oxygen atoms in total. The van der Waals surface area contributed by atoms with Crippen molar-refractivity contribution >= 4 is 56.5 Å². The number of nitrogens with zero attached hydrogens (tertiary/aromatic N) is 2. The van der Waals surface area contributed by atoms with Gasteiger partial charge in [-0.3, -0.25) is 4.79 Å². The smallest absolute Gasteiger partial charge is 0.234 e. The van der Waals surface area contributed by atoms with Crippen LogP contribution in [-0.2, 0) is 17.6 Å². The number of anilines is 1. The third-order valence-electron chi connectivity index (χ3n) is 5.30. The van der Waals surface area contributed by atoms with Crippen LogP contribution in [0.4, 0.5) is 5.69 Å². The van der Waals surface area contributed by atoms with Gasteiger partial charge in [-0.2, -0.15) is 0 Å². The van der Waals surface area contributed by atoms with E-state index in [4.69, 9.17) is 21.6 Å². The fourth-order valence-electron chi connectivity index (χ4n) is 3.83. The lowest BCUT2D eigenvalue weighted by molar-refractivity contribution is -0.113. The Balaban J connectivity index is 1.48. The maximum atomic E-state index is 12.6. The Labute approximate surface area is 194 Å². The molecule has 1 aliphatic carbocycles. The first-order valence-electron chi connectivity index (χ1n) is 10.2. The van der Waals surface area contributed by atoms with Crippen molar-refractivity contribution in [3.05, 3.63) is 70.1 Å². The maximum Gasteiger partial charge on any atom is 0.234 e. The minimum Gasteiger partial charge on any atom is -0.324 e. The number of aryl methyl sites for hydroxylation is 2. The number of hydrogen-bond donors (Lipinski definition) is 1. The highest BCUT2D eigenvalue weighted by molar-refractivity contribution is 8.00. The van der Waals surface area contributed by atoms with Gasteiger partial charge in [-0.25, -0.2) is 9.97 Å². The Morgan fingerprint density at radius 1 is 1.03 bits per heavy atom. The number of thiophene rings is 1. The van der Waals surface area contributed by atoms with Crippen LogP contribution in [0.2, 0.25) is 5.02 Å². The Kier molecular flexibility index (Phi) is 5.94. The molecule has 0 fully saturated rings. The number of carbonyl (C=O) groups excluding carboxylic acids is 1. The molecule has 0 aliphatic heterocycles. The first-order valence-corrected chi connectivity index (χ1v) is 12.4. The lowest BCUT2D eigenvalue weighted by Gasteiger charge is -2.12. The van der Waals surface area contributed by atoms with Crippen molar-refractivity contribution in [2.75, 3.05) is 11.1 Å². The predicted octanol–water partition coefficient (Wildman–Crippen LogP) is 6.62. The molecule has 1 amide bonds. The van der Waals surface area contributed by atoms with E-state index in [1.54, 1.807) is 23.5 Å². The zero-order chi connectivity index (χ0) is 21.2. The molecule has 31 heavy (non-hydrogen) atoms. The number of para-hydroxylation sites is 1. The molecule has 1 aliphatic rings. The monoisotopic (exact) mass is 465 g/mol. The van der Waals surface area contributed by atoms with Crippen LogP contribution in [0.5, 0.6) is 0 Å². The number of nitrogens with one attached hydrogen (secondary N) is 1. The minimum absolute atomic E-state index is 0.102. The van der Waals surface area contributed by atoms with Crippen LogP contribution in [0.25, 0.3) is 21.6 Å². The standard InChI is InChI=1S/C24H20ClN3OS2/c25-17-11-5-6-12-18(17)26-20(29)14-30-23-21-16-10-4-7-13-19(16)31-24(21)28-22(27-23)15-8-2-1-3-9-15/h1-3,5-6,8-9,11-12H,4,7,10,13-14H2,(H,26,29). The van der Waals surface area contributed by atoms with Crippen LogP contribution in [-0.4, -0.2) is 21.6 Å². The van der Waals surface area contributed by atoms with E-state index in [-0.39, 0.29) is 11.7 Å². The Bertz CT molecular complexity index is 1260. The lowest BCUT2D eigenvalue weighted by Crippen LogP contribution is -2.14. The number of aromatic nitrogens is 2. The number of rotatable bonds is 5. The fourth-order valence-corrected chi connectivity index (χ4v) is 6.19. The normalized spacial score (nSPS) is 13.2. The number of hydrogen-bond acceptors (Lipinski definition) is 5. The number of thioether (sulfide) groups is 1. The number of amides is 1. The van der Waals surface area contributed by atoms with E-state index in [1.165, 1.54) is 35.0 Å². The van der Waals surface area contributed by atoms with Gasteiger partial charge in [-0.05, 0) is 43.4 Å². The van der Waals surface area contributed by atoms with E-state index in [1.807, 2.05) is 42.5 Å². The van der Waals surface area contributed by atoms with Gasteiger partial charge in [0.1, 0.15) is 9.86 Å². The SMILES string of the molecule is O=C(CSc1nc(-c2ccccc2)nc2sc3c(c12)CCCC3)Nc1ccccc1Cl. The predicted molar refractivity (Wildman–Crippen MR) is 130 cm³/mol. The van der Waals surface area contributed by atoms with Crippen molar-refractivity contribution in [3.63, 3.8) is 0 Å². The Hall–Kier alpha value is -2.41. The van der Waals surface area contributed by atoms with Crippen molar-refractivity contribution in [2.45, 2.75) is 30.7 Å². The van der Waals surface area contributed by atoms with Gasteiger partial charge in [0.25, 0.3) is 0 Å². The molecular formula is C24H20ClN3OS2. The van der Waals surface area contributed by atoms with Gasteiger partial charge in [0.05, 0.1) is 16.5 Å². The van der Waals surface area contributed by atoms with Gasteiger partial charge >= 0.3 is 0 Å². The molecule has 156 valence electrons. The van der Waals surface area contributed by atoms with Gasteiger partial charge < -0.3 is 5.32 Å². The molecule has 5 rings (SSSR count). The lowest BCUT2D eigenvalue weighted by atomic mass is 9.97. The first-order chi connectivity index (χ1) is 15.2. The third-order valence-corrected chi connectivity index (χ3v) is 7.79. The van der Waals surface area contributed by atoms with Crippen LogP contribution in [0.1, 0.15) is 23.3 Å².